The monoisotopic (exact) mass is 334 g/mol. The Morgan fingerprint density at radius 1 is 1.14 bits per heavy atom. The summed E-state index contributed by atoms with van der Waals surface area (Å²) in [5.74, 6) is -0.175. The SMILES string of the molecule is O=C(CCN(CCO)CCCO)Nc1cc(Cl)ccc1Cl. The number of halogens is 2. The molecular formula is C14H20Cl2N2O3. The van der Waals surface area contributed by atoms with Gasteiger partial charge in [0.2, 0.25) is 5.91 Å². The summed E-state index contributed by atoms with van der Waals surface area (Å²) in [7, 11) is 0. The summed E-state index contributed by atoms with van der Waals surface area (Å²) in [6.45, 7) is 1.73. The molecule has 0 spiro atoms. The van der Waals surface area contributed by atoms with Gasteiger partial charge in [-0.25, -0.2) is 0 Å². The molecule has 118 valence electrons. The Labute approximate surface area is 134 Å². The third-order valence-electron chi connectivity index (χ3n) is 2.91. The van der Waals surface area contributed by atoms with Crippen LogP contribution in [0.3, 0.4) is 0 Å². The fourth-order valence-corrected chi connectivity index (χ4v) is 2.17. The Hall–Kier alpha value is -0.850. The van der Waals surface area contributed by atoms with Crippen molar-refractivity contribution in [3.8, 4) is 0 Å². The molecule has 0 aliphatic rings. The predicted octanol–water partition coefficient (Wildman–Crippen LogP) is 2.00. The van der Waals surface area contributed by atoms with E-state index in [4.69, 9.17) is 33.4 Å². The number of nitrogens with one attached hydrogen (secondary N) is 1. The van der Waals surface area contributed by atoms with E-state index in [0.717, 1.165) is 0 Å². The highest BCUT2D eigenvalue weighted by Crippen LogP contribution is 2.25. The lowest BCUT2D eigenvalue weighted by Gasteiger charge is -2.20. The number of carbonyl (C=O) groups excluding carboxylic acids is 1. The molecule has 7 heteroatoms. The molecule has 5 nitrogen and oxygen atoms in total. The maximum absolute atomic E-state index is 11.9. The standard InChI is InChI=1S/C14H20Cl2N2O3/c15-11-2-3-12(16)13(10-11)17-14(21)4-6-18(7-9-20)5-1-8-19/h2-3,10,19-20H,1,4-9H2,(H,17,21). The minimum absolute atomic E-state index is 0.0210. The Balaban J connectivity index is 2.46. The minimum Gasteiger partial charge on any atom is -0.396 e. The van der Waals surface area contributed by atoms with E-state index in [-0.39, 0.29) is 25.5 Å². The third-order valence-corrected chi connectivity index (χ3v) is 3.47. The number of hydrogen-bond donors (Lipinski definition) is 3. The van der Waals surface area contributed by atoms with Crippen molar-refractivity contribution in [2.45, 2.75) is 12.8 Å². The molecule has 1 rings (SSSR count). The van der Waals surface area contributed by atoms with Crippen molar-refractivity contribution in [2.24, 2.45) is 0 Å². The van der Waals surface area contributed by atoms with Crippen LogP contribution < -0.4 is 5.32 Å². The second-order valence-electron chi connectivity index (χ2n) is 4.56. The maximum atomic E-state index is 11.9. The van der Waals surface area contributed by atoms with Crippen LogP contribution in [0.15, 0.2) is 18.2 Å². The summed E-state index contributed by atoms with van der Waals surface area (Å²) in [6.07, 6.45) is 0.885. The minimum atomic E-state index is -0.175. The van der Waals surface area contributed by atoms with Crippen molar-refractivity contribution in [1.29, 1.82) is 0 Å². The second-order valence-corrected chi connectivity index (χ2v) is 5.41. The molecule has 21 heavy (non-hydrogen) atoms. The molecule has 0 saturated heterocycles. The average molecular weight is 335 g/mol. The fourth-order valence-electron chi connectivity index (χ4n) is 1.84. The lowest BCUT2D eigenvalue weighted by molar-refractivity contribution is -0.116. The van der Waals surface area contributed by atoms with Crippen LogP contribution >= 0.6 is 23.2 Å². The molecule has 0 atom stereocenters. The van der Waals surface area contributed by atoms with Crippen molar-refractivity contribution in [3.63, 3.8) is 0 Å². The zero-order valence-corrected chi connectivity index (χ0v) is 13.2. The van der Waals surface area contributed by atoms with Gasteiger partial charge in [-0.15, -0.1) is 0 Å². The van der Waals surface area contributed by atoms with Crippen molar-refractivity contribution >= 4 is 34.8 Å². The van der Waals surface area contributed by atoms with Gasteiger partial charge in [-0.3, -0.25) is 4.79 Å². The maximum Gasteiger partial charge on any atom is 0.225 e. The van der Waals surface area contributed by atoms with Gasteiger partial charge >= 0.3 is 0 Å². The molecule has 0 heterocycles. The summed E-state index contributed by atoms with van der Waals surface area (Å²) < 4.78 is 0. The lowest BCUT2D eigenvalue weighted by atomic mass is 10.3. The summed E-state index contributed by atoms with van der Waals surface area (Å²) >= 11 is 11.8. The molecule has 0 unspecified atom stereocenters. The molecule has 1 aromatic rings. The van der Waals surface area contributed by atoms with Gasteiger partial charge in [0, 0.05) is 37.7 Å². The highest BCUT2D eigenvalue weighted by Gasteiger charge is 2.10. The van der Waals surface area contributed by atoms with Crippen LogP contribution in [-0.4, -0.2) is 53.9 Å². The van der Waals surface area contributed by atoms with Crippen molar-refractivity contribution < 1.29 is 15.0 Å². The van der Waals surface area contributed by atoms with Crippen molar-refractivity contribution in [2.75, 3.05) is 38.2 Å². The second kappa shape index (κ2) is 9.97. The largest absolute Gasteiger partial charge is 0.396 e. The molecule has 0 bridgehead atoms. The van der Waals surface area contributed by atoms with Crippen LogP contribution in [-0.2, 0) is 4.79 Å². The van der Waals surface area contributed by atoms with Crippen LogP contribution in [0.4, 0.5) is 5.69 Å². The number of carbonyl (C=O) groups is 1. The Kier molecular flexibility index (Phi) is 8.64. The quantitative estimate of drug-likeness (QED) is 0.645. The van der Waals surface area contributed by atoms with Crippen LogP contribution in [0.2, 0.25) is 10.0 Å². The number of rotatable bonds is 9. The number of benzene rings is 1. The van der Waals surface area contributed by atoms with E-state index < -0.39 is 0 Å². The number of aliphatic hydroxyl groups is 2. The zero-order valence-electron chi connectivity index (χ0n) is 11.7. The smallest absolute Gasteiger partial charge is 0.225 e. The molecule has 0 saturated carbocycles. The molecular weight excluding hydrogens is 315 g/mol. The van der Waals surface area contributed by atoms with Gasteiger partial charge in [0.05, 0.1) is 17.3 Å². The summed E-state index contributed by atoms with van der Waals surface area (Å²) in [5, 5.41) is 21.4. The summed E-state index contributed by atoms with van der Waals surface area (Å²) in [6, 6.07) is 4.87. The molecule has 0 aliphatic carbocycles. The van der Waals surface area contributed by atoms with E-state index in [1.165, 1.54) is 0 Å². The van der Waals surface area contributed by atoms with Crippen LogP contribution in [0.5, 0.6) is 0 Å². The number of amides is 1. The molecule has 0 aliphatic heterocycles. The van der Waals surface area contributed by atoms with E-state index in [2.05, 4.69) is 5.32 Å². The predicted molar refractivity (Wildman–Crippen MR) is 84.9 cm³/mol. The highest BCUT2D eigenvalue weighted by molar-refractivity contribution is 6.35. The van der Waals surface area contributed by atoms with Gasteiger partial charge in [-0.2, -0.15) is 0 Å². The Bertz CT molecular complexity index is 458. The van der Waals surface area contributed by atoms with Crippen molar-refractivity contribution in [3.05, 3.63) is 28.2 Å². The van der Waals surface area contributed by atoms with Gasteiger partial charge in [-0.05, 0) is 24.6 Å². The first-order valence-corrected chi connectivity index (χ1v) is 7.51. The van der Waals surface area contributed by atoms with Gasteiger partial charge < -0.3 is 20.4 Å². The van der Waals surface area contributed by atoms with Crippen LogP contribution in [0, 0.1) is 0 Å². The number of nitrogens with zero attached hydrogens (tertiary/aromatic N) is 1. The molecule has 1 aromatic carbocycles. The van der Waals surface area contributed by atoms with Gasteiger partial charge in [0.15, 0.2) is 0 Å². The summed E-state index contributed by atoms with van der Waals surface area (Å²) in [5.41, 5.74) is 0.484. The fraction of sp³-hybridized carbons (Fsp3) is 0.500. The summed E-state index contributed by atoms with van der Waals surface area (Å²) in [4.78, 5) is 13.8. The van der Waals surface area contributed by atoms with Gasteiger partial charge in [-0.1, -0.05) is 23.2 Å². The molecule has 1 amide bonds. The molecule has 3 N–H and O–H groups in total. The number of aliphatic hydroxyl groups excluding tert-OH is 2. The molecule has 0 aromatic heterocycles. The van der Waals surface area contributed by atoms with E-state index in [9.17, 15) is 4.79 Å². The first-order valence-electron chi connectivity index (χ1n) is 6.75. The van der Waals surface area contributed by atoms with E-state index in [0.29, 0.717) is 41.8 Å². The Morgan fingerprint density at radius 3 is 2.57 bits per heavy atom. The van der Waals surface area contributed by atoms with E-state index in [1.54, 1.807) is 18.2 Å². The van der Waals surface area contributed by atoms with Crippen molar-refractivity contribution in [1.82, 2.24) is 4.90 Å². The zero-order chi connectivity index (χ0) is 15.7. The average Bonchev–Trinajstić information content (AvgIpc) is 2.46. The first kappa shape index (κ1) is 18.2. The van der Waals surface area contributed by atoms with E-state index >= 15 is 0 Å². The topological polar surface area (TPSA) is 72.8 Å². The highest BCUT2D eigenvalue weighted by atomic mass is 35.5. The van der Waals surface area contributed by atoms with Crippen LogP contribution in [0.25, 0.3) is 0 Å². The van der Waals surface area contributed by atoms with E-state index in [1.807, 2.05) is 4.90 Å². The number of anilines is 1. The first-order chi connectivity index (χ1) is 10.1. The third kappa shape index (κ3) is 7.11. The Morgan fingerprint density at radius 2 is 1.90 bits per heavy atom. The number of hydrogen-bond acceptors (Lipinski definition) is 4. The molecule has 0 fully saturated rings. The van der Waals surface area contributed by atoms with Crippen LogP contribution in [0.1, 0.15) is 12.8 Å². The van der Waals surface area contributed by atoms with Gasteiger partial charge in [0.1, 0.15) is 0 Å². The van der Waals surface area contributed by atoms with Gasteiger partial charge in [0.25, 0.3) is 0 Å². The normalized spacial score (nSPS) is 10.9. The molecule has 0 radical (unpaired) electrons. The lowest BCUT2D eigenvalue weighted by Crippen LogP contribution is -2.31.